The molecule has 0 aromatic carbocycles. The lowest BCUT2D eigenvalue weighted by molar-refractivity contribution is 0.169. The number of aliphatic imine (C=N–C) groups is 1. The lowest BCUT2D eigenvalue weighted by Gasteiger charge is -2.36. The molecule has 0 bridgehead atoms. The van der Waals surface area contributed by atoms with E-state index in [1.807, 2.05) is 24.5 Å². The van der Waals surface area contributed by atoms with Gasteiger partial charge in [0.1, 0.15) is 6.26 Å². The van der Waals surface area contributed by atoms with E-state index in [1.54, 1.807) is 6.26 Å². The van der Waals surface area contributed by atoms with Gasteiger partial charge in [0.15, 0.2) is 5.96 Å². The molecule has 1 aliphatic heterocycles. The molecule has 0 unspecified atom stereocenters. The molecule has 1 saturated heterocycles. The molecular formula is C16H23N5OS. The predicted molar refractivity (Wildman–Crippen MR) is 92.6 cm³/mol. The first kappa shape index (κ1) is 16.0. The molecule has 3 rings (SSSR count). The van der Waals surface area contributed by atoms with Gasteiger partial charge >= 0.3 is 0 Å². The first-order valence-corrected chi connectivity index (χ1v) is 8.69. The van der Waals surface area contributed by atoms with Gasteiger partial charge in [0.25, 0.3) is 0 Å². The Labute approximate surface area is 140 Å². The Balaban J connectivity index is 1.47. The molecule has 2 aromatic heterocycles. The Morgan fingerprint density at radius 1 is 1.30 bits per heavy atom. The van der Waals surface area contributed by atoms with Gasteiger partial charge in [-0.2, -0.15) is 0 Å². The highest BCUT2D eigenvalue weighted by atomic mass is 32.1. The summed E-state index contributed by atoms with van der Waals surface area (Å²) in [5.41, 5.74) is 0.994. The zero-order valence-corrected chi connectivity index (χ0v) is 14.5. The summed E-state index contributed by atoms with van der Waals surface area (Å²) in [7, 11) is 1.85. The Morgan fingerprint density at radius 3 is 2.74 bits per heavy atom. The average Bonchev–Trinajstić information content (AvgIpc) is 3.21. The summed E-state index contributed by atoms with van der Waals surface area (Å²) in [6, 6.07) is 6.26. The number of aromatic nitrogens is 1. The van der Waals surface area contributed by atoms with Crippen LogP contribution in [-0.4, -0.2) is 54.1 Å². The predicted octanol–water partition coefficient (Wildman–Crippen LogP) is 1.94. The lowest BCUT2D eigenvalue weighted by atomic mass is 10.3. The number of piperazine rings is 1. The van der Waals surface area contributed by atoms with Crippen LogP contribution in [0.15, 0.2) is 34.0 Å². The fraction of sp³-hybridized carbons (Fsp3) is 0.500. The second-order valence-electron chi connectivity index (χ2n) is 5.67. The maximum atomic E-state index is 4.89. The molecule has 1 fully saturated rings. The van der Waals surface area contributed by atoms with Crippen LogP contribution in [0.2, 0.25) is 0 Å². The van der Waals surface area contributed by atoms with Crippen LogP contribution in [0.4, 0.5) is 0 Å². The maximum absolute atomic E-state index is 4.89. The van der Waals surface area contributed by atoms with Crippen molar-refractivity contribution in [1.82, 2.24) is 20.3 Å². The topological polar surface area (TPSA) is 56.9 Å². The normalized spacial score (nSPS) is 16.8. The standard InChI is InChI=1S/C16H23N5OS/c1-13-3-4-15(23-13)11-18-16(17-2)21-8-6-20(7-9-21)12-14-5-10-22-19-14/h3-5,10H,6-9,11-12H2,1-2H3,(H,17,18). The van der Waals surface area contributed by atoms with Gasteiger partial charge in [-0.05, 0) is 19.1 Å². The minimum atomic E-state index is 0.838. The van der Waals surface area contributed by atoms with Gasteiger partial charge in [0, 0.05) is 55.6 Å². The van der Waals surface area contributed by atoms with Crippen molar-refractivity contribution in [3.05, 3.63) is 39.9 Å². The lowest BCUT2D eigenvalue weighted by Crippen LogP contribution is -2.52. The molecule has 0 radical (unpaired) electrons. The molecule has 1 aliphatic rings. The summed E-state index contributed by atoms with van der Waals surface area (Å²) in [4.78, 5) is 11.8. The molecule has 124 valence electrons. The van der Waals surface area contributed by atoms with E-state index < -0.39 is 0 Å². The first-order valence-electron chi connectivity index (χ1n) is 7.87. The Bertz CT molecular complexity index is 629. The maximum Gasteiger partial charge on any atom is 0.194 e. The molecule has 3 heterocycles. The summed E-state index contributed by atoms with van der Waals surface area (Å²) >= 11 is 1.83. The van der Waals surface area contributed by atoms with Crippen molar-refractivity contribution in [2.75, 3.05) is 33.2 Å². The molecular weight excluding hydrogens is 310 g/mol. The number of aryl methyl sites for hydroxylation is 1. The van der Waals surface area contributed by atoms with Crippen molar-refractivity contribution in [2.45, 2.75) is 20.0 Å². The Morgan fingerprint density at radius 2 is 2.13 bits per heavy atom. The second-order valence-corrected chi connectivity index (χ2v) is 7.04. The summed E-state index contributed by atoms with van der Waals surface area (Å²) in [6.07, 6.45) is 1.63. The van der Waals surface area contributed by atoms with Crippen LogP contribution >= 0.6 is 11.3 Å². The van der Waals surface area contributed by atoms with Gasteiger partial charge in [-0.1, -0.05) is 5.16 Å². The number of thiophene rings is 1. The van der Waals surface area contributed by atoms with Crippen molar-refractivity contribution >= 4 is 17.3 Å². The molecule has 1 N–H and O–H groups in total. The number of guanidine groups is 1. The Hall–Kier alpha value is -1.86. The van der Waals surface area contributed by atoms with E-state index in [1.165, 1.54) is 9.75 Å². The molecule has 0 aliphatic carbocycles. The van der Waals surface area contributed by atoms with Gasteiger partial charge in [0.05, 0.1) is 12.2 Å². The summed E-state index contributed by atoms with van der Waals surface area (Å²) in [5, 5.41) is 7.45. The number of rotatable bonds is 4. The van der Waals surface area contributed by atoms with Crippen molar-refractivity contribution in [1.29, 1.82) is 0 Å². The largest absolute Gasteiger partial charge is 0.364 e. The van der Waals surface area contributed by atoms with Crippen LogP contribution in [0.1, 0.15) is 15.4 Å². The quantitative estimate of drug-likeness (QED) is 0.684. The molecule has 6 nitrogen and oxygen atoms in total. The summed E-state index contributed by atoms with van der Waals surface area (Å²) in [5.74, 6) is 0.983. The molecule has 23 heavy (non-hydrogen) atoms. The van der Waals surface area contributed by atoms with Crippen LogP contribution in [0, 0.1) is 6.92 Å². The minimum Gasteiger partial charge on any atom is -0.364 e. The summed E-state index contributed by atoms with van der Waals surface area (Å²) in [6.45, 7) is 7.78. The van der Waals surface area contributed by atoms with Gasteiger partial charge in [-0.25, -0.2) is 0 Å². The smallest absolute Gasteiger partial charge is 0.194 e. The van der Waals surface area contributed by atoms with Crippen molar-refractivity contribution in [3.63, 3.8) is 0 Å². The zero-order valence-electron chi connectivity index (χ0n) is 13.7. The highest BCUT2D eigenvalue weighted by Crippen LogP contribution is 2.14. The van der Waals surface area contributed by atoms with Gasteiger partial charge in [-0.3, -0.25) is 9.89 Å². The highest BCUT2D eigenvalue weighted by molar-refractivity contribution is 7.11. The third-order valence-electron chi connectivity index (χ3n) is 3.98. The SMILES string of the molecule is CN=C(NCc1ccc(C)s1)N1CCN(Cc2ccon2)CC1. The highest BCUT2D eigenvalue weighted by Gasteiger charge is 2.20. The van der Waals surface area contributed by atoms with Crippen molar-refractivity contribution in [3.8, 4) is 0 Å². The van der Waals surface area contributed by atoms with Crippen LogP contribution < -0.4 is 5.32 Å². The van der Waals surface area contributed by atoms with E-state index in [0.29, 0.717) is 0 Å². The van der Waals surface area contributed by atoms with Crippen LogP contribution in [0.3, 0.4) is 0 Å². The van der Waals surface area contributed by atoms with Gasteiger partial charge < -0.3 is 14.7 Å². The molecule has 0 spiro atoms. The first-order chi connectivity index (χ1) is 11.2. The molecule has 2 aromatic rings. The van der Waals surface area contributed by atoms with E-state index in [4.69, 9.17) is 4.52 Å². The molecule has 0 amide bonds. The van der Waals surface area contributed by atoms with Crippen molar-refractivity contribution in [2.24, 2.45) is 4.99 Å². The third kappa shape index (κ3) is 4.33. The van der Waals surface area contributed by atoms with E-state index in [-0.39, 0.29) is 0 Å². The van der Waals surface area contributed by atoms with Crippen molar-refractivity contribution < 1.29 is 4.52 Å². The van der Waals surface area contributed by atoms with E-state index >= 15 is 0 Å². The number of hydrogen-bond donors (Lipinski definition) is 1. The number of nitrogens with zero attached hydrogens (tertiary/aromatic N) is 4. The van der Waals surface area contributed by atoms with E-state index in [2.05, 4.69) is 44.3 Å². The average molecular weight is 333 g/mol. The van der Waals surface area contributed by atoms with Crippen LogP contribution in [0.25, 0.3) is 0 Å². The second kappa shape index (κ2) is 7.61. The number of nitrogens with one attached hydrogen (secondary N) is 1. The monoisotopic (exact) mass is 333 g/mol. The van der Waals surface area contributed by atoms with E-state index in [0.717, 1.165) is 50.9 Å². The third-order valence-corrected chi connectivity index (χ3v) is 4.98. The Kier molecular flexibility index (Phi) is 5.30. The minimum absolute atomic E-state index is 0.838. The zero-order chi connectivity index (χ0) is 16.1. The fourth-order valence-corrected chi connectivity index (χ4v) is 3.57. The van der Waals surface area contributed by atoms with Crippen LogP contribution in [-0.2, 0) is 13.1 Å². The fourth-order valence-electron chi connectivity index (χ4n) is 2.74. The van der Waals surface area contributed by atoms with Gasteiger partial charge in [-0.15, -0.1) is 11.3 Å². The molecule has 0 saturated carbocycles. The van der Waals surface area contributed by atoms with Crippen LogP contribution in [0.5, 0.6) is 0 Å². The molecule has 0 atom stereocenters. The summed E-state index contributed by atoms with van der Waals surface area (Å²) < 4.78 is 4.89. The van der Waals surface area contributed by atoms with Gasteiger partial charge in [0.2, 0.25) is 0 Å². The van der Waals surface area contributed by atoms with E-state index in [9.17, 15) is 0 Å². The molecule has 7 heteroatoms. The number of hydrogen-bond acceptors (Lipinski definition) is 5.